The molecule has 1 heterocycles. The summed E-state index contributed by atoms with van der Waals surface area (Å²) in [6.45, 7) is 0.334. The number of carbonyl (C=O) groups excluding carboxylic acids is 2. The molecule has 2 atom stereocenters. The molecular formula is C22H24ClNO7. The summed E-state index contributed by atoms with van der Waals surface area (Å²) in [6, 6.07) is 12.0. The molecule has 0 spiro atoms. The average Bonchev–Trinajstić information content (AvgIpc) is 3.16. The topological polar surface area (TPSA) is 125 Å². The van der Waals surface area contributed by atoms with Crippen LogP contribution in [0.15, 0.2) is 42.5 Å². The highest BCUT2D eigenvalue weighted by atomic mass is 35.5. The van der Waals surface area contributed by atoms with Crippen molar-refractivity contribution >= 4 is 23.2 Å². The van der Waals surface area contributed by atoms with Gasteiger partial charge < -0.3 is 30.1 Å². The zero-order valence-electron chi connectivity index (χ0n) is 16.9. The van der Waals surface area contributed by atoms with Crippen molar-refractivity contribution in [3.8, 4) is 11.5 Å². The van der Waals surface area contributed by atoms with Crippen LogP contribution in [0.3, 0.4) is 0 Å². The quantitative estimate of drug-likeness (QED) is 0.398. The second-order valence-corrected chi connectivity index (χ2v) is 7.79. The number of benzene rings is 2. The number of halogens is 1. The monoisotopic (exact) mass is 449 g/mol. The molecule has 0 saturated carbocycles. The molecule has 1 aliphatic rings. The first-order valence-corrected chi connectivity index (χ1v) is 10.1. The molecule has 0 bridgehead atoms. The SMILES string of the molecule is CC(Cc1ccc2c(c1)OC(C(=O)CO)(C(=O)CO)O2)NCC(O)c1cccc(Cl)c1. The van der Waals surface area contributed by atoms with Crippen molar-refractivity contribution in [3.05, 3.63) is 58.6 Å². The number of rotatable bonds is 10. The van der Waals surface area contributed by atoms with E-state index in [4.69, 9.17) is 21.1 Å². The van der Waals surface area contributed by atoms with E-state index in [2.05, 4.69) is 5.32 Å². The predicted molar refractivity (Wildman–Crippen MR) is 112 cm³/mol. The number of hydrogen-bond acceptors (Lipinski definition) is 8. The maximum atomic E-state index is 12.1. The van der Waals surface area contributed by atoms with Gasteiger partial charge in [0.15, 0.2) is 11.5 Å². The van der Waals surface area contributed by atoms with Crippen molar-refractivity contribution in [2.24, 2.45) is 0 Å². The van der Waals surface area contributed by atoms with Gasteiger partial charge in [-0.25, -0.2) is 0 Å². The van der Waals surface area contributed by atoms with Gasteiger partial charge in [-0.3, -0.25) is 9.59 Å². The van der Waals surface area contributed by atoms with Crippen molar-refractivity contribution in [1.29, 1.82) is 0 Å². The molecule has 4 N–H and O–H groups in total. The van der Waals surface area contributed by atoms with E-state index in [1.165, 1.54) is 0 Å². The number of carbonyl (C=O) groups is 2. The summed E-state index contributed by atoms with van der Waals surface area (Å²) in [4.78, 5) is 24.2. The average molecular weight is 450 g/mol. The lowest BCUT2D eigenvalue weighted by molar-refractivity contribution is -0.171. The van der Waals surface area contributed by atoms with Crippen LogP contribution >= 0.6 is 11.6 Å². The Morgan fingerprint density at radius 2 is 1.74 bits per heavy atom. The molecule has 0 aromatic heterocycles. The first kappa shape index (κ1) is 23.2. The van der Waals surface area contributed by atoms with Gasteiger partial charge in [0, 0.05) is 17.6 Å². The highest BCUT2D eigenvalue weighted by molar-refractivity contribution is 6.30. The molecule has 0 radical (unpaired) electrons. The minimum atomic E-state index is -2.37. The Hall–Kier alpha value is -2.49. The summed E-state index contributed by atoms with van der Waals surface area (Å²) < 4.78 is 10.9. The largest absolute Gasteiger partial charge is 0.436 e. The molecule has 0 amide bonds. The van der Waals surface area contributed by atoms with Crippen molar-refractivity contribution < 1.29 is 34.4 Å². The maximum absolute atomic E-state index is 12.1. The molecule has 8 nitrogen and oxygen atoms in total. The van der Waals surface area contributed by atoms with Crippen LogP contribution in [-0.4, -0.2) is 58.5 Å². The molecule has 2 aromatic carbocycles. The Balaban J connectivity index is 1.63. The third-order valence-electron chi connectivity index (χ3n) is 4.97. The van der Waals surface area contributed by atoms with Gasteiger partial charge in [0.05, 0.1) is 6.10 Å². The van der Waals surface area contributed by atoms with Gasteiger partial charge in [-0.2, -0.15) is 0 Å². The van der Waals surface area contributed by atoms with Gasteiger partial charge in [-0.05, 0) is 48.7 Å². The molecule has 31 heavy (non-hydrogen) atoms. The van der Waals surface area contributed by atoms with Gasteiger partial charge in [0.2, 0.25) is 11.6 Å². The molecule has 1 aliphatic heterocycles. The minimum absolute atomic E-state index is 0.0166. The number of ether oxygens (including phenoxy) is 2. The first-order valence-electron chi connectivity index (χ1n) is 9.75. The predicted octanol–water partition coefficient (Wildman–Crippen LogP) is 1.18. The highest BCUT2D eigenvalue weighted by Crippen LogP contribution is 2.41. The maximum Gasteiger partial charge on any atom is 0.378 e. The lowest BCUT2D eigenvalue weighted by atomic mass is 10.1. The van der Waals surface area contributed by atoms with Crippen LogP contribution < -0.4 is 14.8 Å². The molecule has 0 saturated heterocycles. The molecule has 0 aliphatic carbocycles. The summed E-state index contributed by atoms with van der Waals surface area (Å²) in [5.74, 6) is -4.00. The van der Waals surface area contributed by atoms with E-state index in [-0.39, 0.29) is 17.5 Å². The van der Waals surface area contributed by atoms with Gasteiger partial charge in [-0.1, -0.05) is 29.8 Å². The summed E-state index contributed by atoms with van der Waals surface area (Å²) >= 11 is 5.96. The van der Waals surface area contributed by atoms with Crippen LogP contribution in [0.4, 0.5) is 0 Å². The summed E-state index contributed by atoms with van der Waals surface area (Å²) in [5, 5.41) is 32.5. The Morgan fingerprint density at radius 1 is 1.06 bits per heavy atom. The zero-order chi connectivity index (χ0) is 22.6. The third kappa shape index (κ3) is 5.06. The molecule has 166 valence electrons. The highest BCUT2D eigenvalue weighted by Gasteiger charge is 2.54. The summed E-state index contributed by atoms with van der Waals surface area (Å²) in [6.07, 6.45) is -0.152. The smallest absolute Gasteiger partial charge is 0.378 e. The number of aliphatic hydroxyl groups is 3. The first-order chi connectivity index (χ1) is 14.8. The molecule has 9 heteroatoms. The number of fused-ring (bicyclic) bond motifs is 1. The van der Waals surface area contributed by atoms with Gasteiger partial charge in [0.1, 0.15) is 13.2 Å². The van der Waals surface area contributed by atoms with Crippen LogP contribution in [0.5, 0.6) is 11.5 Å². The standard InChI is InChI=1S/C22H24ClNO7/c1-13(24-10-17(27)15-3-2-4-16(23)9-15)7-14-5-6-18-19(8-14)31-22(30-18,20(28)11-25)21(29)12-26/h2-6,8-9,13,17,24-27H,7,10-12H2,1H3. The van der Waals surface area contributed by atoms with Crippen molar-refractivity contribution in [2.45, 2.75) is 31.3 Å². The van der Waals surface area contributed by atoms with E-state index in [9.17, 15) is 24.9 Å². The molecule has 3 rings (SSSR count). The number of nitrogens with one attached hydrogen (secondary N) is 1. The fraction of sp³-hybridized carbons (Fsp3) is 0.364. The van der Waals surface area contributed by atoms with Crippen LogP contribution in [-0.2, 0) is 16.0 Å². The van der Waals surface area contributed by atoms with Crippen LogP contribution in [0, 0.1) is 0 Å². The van der Waals surface area contributed by atoms with Gasteiger partial charge in [-0.15, -0.1) is 0 Å². The van der Waals surface area contributed by atoms with Gasteiger partial charge >= 0.3 is 5.79 Å². The van der Waals surface area contributed by atoms with Crippen LogP contribution in [0.2, 0.25) is 5.02 Å². The van der Waals surface area contributed by atoms with E-state index >= 15 is 0 Å². The van der Waals surface area contributed by atoms with Crippen molar-refractivity contribution in [2.75, 3.05) is 19.8 Å². The minimum Gasteiger partial charge on any atom is -0.436 e. The molecule has 0 fully saturated rings. The third-order valence-corrected chi connectivity index (χ3v) is 5.21. The fourth-order valence-electron chi connectivity index (χ4n) is 3.34. The van der Waals surface area contributed by atoms with E-state index in [1.54, 1.807) is 42.5 Å². The number of ketones is 2. The van der Waals surface area contributed by atoms with E-state index < -0.39 is 36.7 Å². The molecule has 2 aromatic rings. The molecular weight excluding hydrogens is 426 g/mol. The van der Waals surface area contributed by atoms with E-state index in [0.717, 1.165) is 5.56 Å². The zero-order valence-corrected chi connectivity index (χ0v) is 17.6. The van der Waals surface area contributed by atoms with Crippen molar-refractivity contribution in [1.82, 2.24) is 5.32 Å². The van der Waals surface area contributed by atoms with Crippen LogP contribution in [0.1, 0.15) is 24.2 Å². The van der Waals surface area contributed by atoms with E-state index in [1.807, 2.05) is 6.92 Å². The second kappa shape index (κ2) is 9.76. The Morgan fingerprint density at radius 3 is 2.39 bits per heavy atom. The van der Waals surface area contributed by atoms with Crippen LogP contribution in [0.25, 0.3) is 0 Å². The Kier molecular flexibility index (Phi) is 7.30. The number of hydrogen-bond donors (Lipinski definition) is 4. The lowest BCUT2D eigenvalue weighted by Gasteiger charge is -2.22. The fourth-order valence-corrected chi connectivity index (χ4v) is 3.53. The summed E-state index contributed by atoms with van der Waals surface area (Å²) in [5.41, 5.74) is 1.55. The Bertz CT molecular complexity index is 949. The normalized spacial score (nSPS) is 16.0. The van der Waals surface area contributed by atoms with Crippen molar-refractivity contribution in [3.63, 3.8) is 0 Å². The Labute approximate surface area is 184 Å². The number of Topliss-reactive ketones (excluding diaryl/α,β-unsaturated/α-hetero) is 2. The number of aliphatic hydroxyl groups excluding tert-OH is 3. The van der Waals surface area contributed by atoms with E-state index in [0.29, 0.717) is 23.6 Å². The lowest BCUT2D eigenvalue weighted by Crippen LogP contribution is -2.56. The molecule has 2 unspecified atom stereocenters. The summed E-state index contributed by atoms with van der Waals surface area (Å²) in [7, 11) is 0. The van der Waals surface area contributed by atoms with Gasteiger partial charge in [0.25, 0.3) is 0 Å². The second-order valence-electron chi connectivity index (χ2n) is 7.35.